The molecule has 0 aromatic heterocycles. The second kappa shape index (κ2) is 45.3. The van der Waals surface area contributed by atoms with Crippen molar-refractivity contribution >= 4 is 13.7 Å². The van der Waals surface area contributed by atoms with Crippen LogP contribution in [0.4, 0.5) is 0 Å². The van der Waals surface area contributed by atoms with Gasteiger partial charge in [0, 0.05) is 6.42 Å². The minimum atomic E-state index is -4.35. The quantitative estimate of drug-likeness (QED) is 0.0243. The summed E-state index contributed by atoms with van der Waals surface area (Å²) in [6.07, 6.45) is 66.2. The number of likely N-dealkylation sites (N-methyl/N-ethyl adjacent to an activating group) is 1. The standard InChI is InChI=1S/C55H95N2O6P/c1-6-8-10-12-14-16-17-18-19-20-21-22-23-24-25-26-27-28-29-30-31-32-33-34-35-36-37-38-39-41-43-45-47-49-55(59)56-53(52-63-64(60,61)62-51-50-57(3,4)5)54(58)48-46-44-42-40-15-13-11-9-7-2/h8,10,14-16,18-19,21-22,24-25,27-28,30-31,40,46,48,53-54,58H,6-7,9,11-13,17,20,23,26,29,32-39,41-45,47,49-52H2,1-5H3,(H-,56,59,60,61)/p+1/b10-8-,16-14-,19-18-,22-21-,25-24-,28-27-,31-30-,40-15+,48-46+. The summed E-state index contributed by atoms with van der Waals surface area (Å²) in [5.41, 5.74) is 0. The highest BCUT2D eigenvalue weighted by atomic mass is 31.2. The third kappa shape index (κ3) is 47.1. The third-order valence-corrected chi connectivity index (χ3v) is 11.5. The number of hydrogen-bond donors (Lipinski definition) is 3. The number of phosphoric ester groups is 1. The Bertz CT molecular complexity index is 1400. The number of hydrogen-bond acceptors (Lipinski definition) is 5. The summed E-state index contributed by atoms with van der Waals surface area (Å²) < 4.78 is 23.5. The summed E-state index contributed by atoms with van der Waals surface area (Å²) in [4.78, 5) is 23.1. The number of carbonyl (C=O) groups excluding carboxylic acids is 1. The second-order valence-electron chi connectivity index (χ2n) is 17.8. The van der Waals surface area contributed by atoms with Crippen molar-refractivity contribution < 1.29 is 32.9 Å². The van der Waals surface area contributed by atoms with E-state index in [1.165, 1.54) is 77.0 Å². The van der Waals surface area contributed by atoms with Gasteiger partial charge in [-0.05, 0) is 89.9 Å². The van der Waals surface area contributed by atoms with E-state index in [0.29, 0.717) is 17.4 Å². The molecule has 366 valence electrons. The van der Waals surface area contributed by atoms with Gasteiger partial charge in [-0.15, -0.1) is 0 Å². The number of nitrogens with one attached hydrogen (secondary N) is 1. The molecular formula is C55H96N2O6P+. The maximum Gasteiger partial charge on any atom is 0.472 e. The monoisotopic (exact) mass is 912 g/mol. The molecule has 9 heteroatoms. The Morgan fingerprint density at radius 1 is 0.547 bits per heavy atom. The summed E-state index contributed by atoms with van der Waals surface area (Å²) in [5, 5.41) is 13.7. The van der Waals surface area contributed by atoms with Crippen molar-refractivity contribution in [2.45, 2.75) is 193 Å². The Hall–Kier alpha value is -2.84. The van der Waals surface area contributed by atoms with Gasteiger partial charge in [-0.1, -0.05) is 194 Å². The van der Waals surface area contributed by atoms with E-state index in [4.69, 9.17) is 9.05 Å². The van der Waals surface area contributed by atoms with E-state index in [2.05, 4.69) is 116 Å². The van der Waals surface area contributed by atoms with Gasteiger partial charge in [-0.25, -0.2) is 4.57 Å². The maximum absolute atomic E-state index is 12.9. The number of aliphatic hydroxyl groups is 1. The highest BCUT2D eigenvalue weighted by Gasteiger charge is 2.27. The largest absolute Gasteiger partial charge is 0.472 e. The van der Waals surface area contributed by atoms with E-state index in [9.17, 15) is 19.4 Å². The van der Waals surface area contributed by atoms with Gasteiger partial charge in [0.1, 0.15) is 13.2 Å². The normalized spacial score (nSPS) is 15.0. The molecule has 0 aliphatic heterocycles. The predicted molar refractivity (Wildman–Crippen MR) is 276 cm³/mol. The number of aliphatic hydroxyl groups excluding tert-OH is 1. The molecule has 64 heavy (non-hydrogen) atoms. The van der Waals surface area contributed by atoms with E-state index in [1.807, 2.05) is 27.2 Å². The molecular weight excluding hydrogens is 816 g/mol. The SMILES string of the molecule is CC/C=C\C/C=C\C/C=C\C/C=C\C/C=C\C/C=C\C/C=C\CCCCCCCCCCCCCC(=O)NC(COP(=O)(O)OCC[N+](C)(C)C)C(O)/C=C/CC/C=C/CCCCC. The summed E-state index contributed by atoms with van der Waals surface area (Å²) >= 11 is 0. The van der Waals surface area contributed by atoms with Crippen LogP contribution in [0.5, 0.6) is 0 Å². The van der Waals surface area contributed by atoms with E-state index in [0.717, 1.165) is 83.5 Å². The maximum atomic E-state index is 12.9. The first kappa shape index (κ1) is 61.2. The molecule has 0 saturated heterocycles. The fourth-order valence-electron chi connectivity index (χ4n) is 6.51. The number of carbonyl (C=O) groups is 1. The van der Waals surface area contributed by atoms with Crippen LogP contribution < -0.4 is 5.32 Å². The van der Waals surface area contributed by atoms with Gasteiger partial charge in [0.05, 0.1) is 39.9 Å². The Balaban J connectivity index is 4.10. The third-order valence-electron chi connectivity index (χ3n) is 10.5. The first-order valence-electron chi connectivity index (χ1n) is 25.3. The highest BCUT2D eigenvalue weighted by Crippen LogP contribution is 2.43. The molecule has 0 saturated carbocycles. The number of allylic oxidation sites excluding steroid dienone is 17. The molecule has 3 N–H and O–H groups in total. The van der Waals surface area contributed by atoms with E-state index in [1.54, 1.807) is 6.08 Å². The topological polar surface area (TPSA) is 105 Å². The van der Waals surface area contributed by atoms with Crippen molar-refractivity contribution in [1.82, 2.24) is 5.32 Å². The predicted octanol–water partition coefficient (Wildman–Crippen LogP) is 14.9. The van der Waals surface area contributed by atoms with Crippen LogP contribution in [0.3, 0.4) is 0 Å². The Morgan fingerprint density at radius 2 is 0.953 bits per heavy atom. The zero-order chi connectivity index (χ0) is 47.1. The van der Waals surface area contributed by atoms with Gasteiger partial charge >= 0.3 is 7.82 Å². The van der Waals surface area contributed by atoms with Crippen molar-refractivity contribution in [1.29, 1.82) is 0 Å². The molecule has 0 aliphatic rings. The molecule has 3 unspecified atom stereocenters. The average molecular weight is 912 g/mol. The Labute approximate surface area is 393 Å². The van der Waals surface area contributed by atoms with Gasteiger partial charge in [0.15, 0.2) is 0 Å². The summed E-state index contributed by atoms with van der Waals surface area (Å²) in [6.45, 7) is 4.60. The van der Waals surface area contributed by atoms with Crippen molar-refractivity contribution in [3.8, 4) is 0 Å². The number of rotatable bonds is 44. The lowest BCUT2D eigenvalue weighted by atomic mass is 10.0. The van der Waals surface area contributed by atoms with Gasteiger partial charge < -0.3 is 19.8 Å². The van der Waals surface area contributed by atoms with Crippen molar-refractivity contribution in [3.05, 3.63) is 109 Å². The lowest BCUT2D eigenvalue weighted by Crippen LogP contribution is -2.45. The molecule has 8 nitrogen and oxygen atoms in total. The van der Waals surface area contributed by atoms with Crippen LogP contribution in [0.15, 0.2) is 109 Å². The average Bonchev–Trinajstić information content (AvgIpc) is 3.25. The molecule has 0 aromatic rings. The summed E-state index contributed by atoms with van der Waals surface area (Å²) in [5.74, 6) is -0.199. The van der Waals surface area contributed by atoms with Crippen LogP contribution in [0.25, 0.3) is 0 Å². The van der Waals surface area contributed by atoms with Crippen LogP contribution in [0.1, 0.15) is 181 Å². The zero-order valence-electron chi connectivity index (χ0n) is 41.5. The van der Waals surface area contributed by atoms with Crippen LogP contribution >= 0.6 is 7.82 Å². The highest BCUT2D eigenvalue weighted by molar-refractivity contribution is 7.47. The van der Waals surface area contributed by atoms with E-state index < -0.39 is 20.0 Å². The second-order valence-corrected chi connectivity index (χ2v) is 19.3. The minimum absolute atomic E-state index is 0.0501. The fourth-order valence-corrected chi connectivity index (χ4v) is 7.24. The molecule has 1 amide bonds. The number of quaternary nitrogens is 1. The fraction of sp³-hybridized carbons (Fsp3) is 0.655. The van der Waals surface area contributed by atoms with Crippen LogP contribution in [0, 0.1) is 0 Å². The van der Waals surface area contributed by atoms with Crippen LogP contribution in [-0.4, -0.2) is 73.4 Å². The number of unbranched alkanes of at least 4 members (excludes halogenated alkanes) is 15. The van der Waals surface area contributed by atoms with Crippen molar-refractivity contribution in [2.24, 2.45) is 0 Å². The number of nitrogens with zero attached hydrogens (tertiary/aromatic N) is 1. The van der Waals surface area contributed by atoms with E-state index in [-0.39, 0.29) is 19.1 Å². The molecule has 0 aromatic carbocycles. The number of amides is 1. The van der Waals surface area contributed by atoms with Gasteiger partial charge in [-0.2, -0.15) is 0 Å². The van der Waals surface area contributed by atoms with Crippen molar-refractivity contribution in [2.75, 3.05) is 40.9 Å². The molecule has 0 bridgehead atoms. The van der Waals surface area contributed by atoms with Crippen molar-refractivity contribution in [3.63, 3.8) is 0 Å². The summed E-state index contributed by atoms with van der Waals surface area (Å²) in [7, 11) is 1.53. The Kier molecular flexibility index (Phi) is 43.3. The summed E-state index contributed by atoms with van der Waals surface area (Å²) in [6, 6.07) is -0.869. The molecule has 0 spiro atoms. The molecule has 0 rings (SSSR count). The van der Waals surface area contributed by atoms with Crippen LogP contribution in [0.2, 0.25) is 0 Å². The molecule has 0 heterocycles. The smallest absolute Gasteiger partial charge is 0.387 e. The van der Waals surface area contributed by atoms with E-state index >= 15 is 0 Å². The van der Waals surface area contributed by atoms with Crippen LogP contribution in [-0.2, 0) is 18.4 Å². The molecule has 0 aliphatic carbocycles. The zero-order valence-corrected chi connectivity index (χ0v) is 42.4. The first-order valence-corrected chi connectivity index (χ1v) is 26.8. The van der Waals surface area contributed by atoms with Gasteiger partial charge in [0.25, 0.3) is 0 Å². The number of phosphoric acid groups is 1. The van der Waals surface area contributed by atoms with Gasteiger partial charge in [0.2, 0.25) is 5.91 Å². The molecule has 0 radical (unpaired) electrons. The lowest BCUT2D eigenvalue weighted by Gasteiger charge is -2.25. The lowest BCUT2D eigenvalue weighted by molar-refractivity contribution is -0.870. The first-order chi connectivity index (χ1) is 31.0. The molecule has 3 atom stereocenters. The Morgan fingerprint density at radius 3 is 1.44 bits per heavy atom. The van der Waals surface area contributed by atoms with Gasteiger partial charge in [-0.3, -0.25) is 13.8 Å². The molecule has 0 fully saturated rings. The minimum Gasteiger partial charge on any atom is -0.387 e.